The van der Waals surface area contributed by atoms with Crippen molar-refractivity contribution in [1.82, 2.24) is 0 Å². The molecule has 2 aromatic carbocycles. The summed E-state index contributed by atoms with van der Waals surface area (Å²) in [5.74, 6) is 1.25. The number of aryl methyl sites for hydroxylation is 2. The first-order valence-electron chi connectivity index (χ1n) is 7.38. The molecule has 2 N–H and O–H groups in total. The number of ether oxygens (including phenoxy) is 2. The second kappa shape index (κ2) is 5.61. The molecule has 2 aromatic rings. The van der Waals surface area contributed by atoms with E-state index in [0.29, 0.717) is 24.3 Å². The van der Waals surface area contributed by atoms with Crippen LogP contribution in [0.15, 0.2) is 24.3 Å². The van der Waals surface area contributed by atoms with Crippen molar-refractivity contribution in [3.8, 4) is 22.6 Å². The zero-order chi connectivity index (χ0) is 15.9. The normalized spacial score (nSPS) is 16.3. The van der Waals surface area contributed by atoms with Crippen molar-refractivity contribution in [1.29, 1.82) is 0 Å². The number of methoxy groups -OCH3 is 1. The molecule has 0 bridgehead atoms. The van der Waals surface area contributed by atoms with Crippen molar-refractivity contribution in [3.05, 3.63) is 46.8 Å². The minimum atomic E-state index is -0.224. The van der Waals surface area contributed by atoms with Gasteiger partial charge in [-0.3, -0.25) is 0 Å². The zero-order valence-electron chi connectivity index (χ0n) is 13.1. The Hall–Kier alpha value is -2.07. The lowest BCUT2D eigenvalue weighted by Gasteiger charge is -2.15. The van der Waals surface area contributed by atoms with Gasteiger partial charge in [0.2, 0.25) is 0 Å². The van der Waals surface area contributed by atoms with Crippen LogP contribution in [0.1, 0.15) is 16.7 Å². The third-order valence-corrected chi connectivity index (χ3v) is 4.21. The summed E-state index contributed by atoms with van der Waals surface area (Å²) in [5.41, 5.74) is 10.4. The van der Waals surface area contributed by atoms with Gasteiger partial charge in [0.25, 0.3) is 0 Å². The summed E-state index contributed by atoms with van der Waals surface area (Å²) in [5, 5.41) is 0. The molecule has 4 heteroatoms. The van der Waals surface area contributed by atoms with Crippen LogP contribution in [0.25, 0.3) is 11.1 Å². The van der Waals surface area contributed by atoms with E-state index < -0.39 is 0 Å². The number of fused-ring (bicyclic) bond motifs is 1. The SMILES string of the molecule is COc1cc(C)c(-c2ccc(F)c3c2O[C@@H](CN)C3)cc1C. The topological polar surface area (TPSA) is 44.5 Å². The number of benzene rings is 2. The average molecular weight is 301 g/mol. The van der Waals surface area contributed by atoms with E-state index in [2.05, 4.69) is 6.07 Å². The predicted octanol–water partition coefficient (Wildman–Crippen LogP) is 3.38. The molecule has 0 fully saturated rings. The largest absolute Gasteiger partial charge is 0.496 e. The molecule has 1 aliphatic rings. The van der Waals surface area contributed by atoms with Gasteiger partial charge in [0, 0.05) is 24.1 Å². The van der Waals surface area contributed by atoms with Crippen LogP contribution in [0.3, 0.4) is 0 Å². The summed E-state index contributed by atoms with van der Waals surface area (Å²) in [6.45, 7) is 4.39. The first kappa shape index (κ1) is 14.9. The van der Waals surface area contributed by atoms with E-state index in [1.165, 1.54) is 6.07 Å². The van der Waals surface area contributed by atoms with Crippen molar-refractivity contribution in [2.75, 3.05) is 13.7 Å². The van der Waals surface area contributed by atoms with Crippen molar-refractivity contribution in [2.45, 2.75) is 26.4 Å². The van der Waals surface area contributed by atoms with Gasteiger partial charge in [0.1, 0.15) is 23.4 Å². The first-order chi connectivity index (χ1) is 10.5. The molecule has 3 nitrogen and oxygen atoms in total. The van der Waals surface area contributed by atoms with Crippen LogP contribution in [-0.4, -0.2) is 19.8 Å². The number of hydrogen-bond donors (Lipinski definition) is 1. The Morgan fingerprint density at radius 2 is 2.00 bits per heavy atom. The fraction of sp³-hybridized carbons (Fsp3) is 0.333. The minimum absolute atomic E-state index is 0.148. The lowest BCUT2D eigenvalue weighted by molar-refractivity contribution is 0.242. The molecule has 0 aromatic heterocycles. The quantitative estimate of drug-likeness (QED) is 0.945. The first-order valence-corrected chi connectivity index (χ1v) is 7.38. The highest BCUT2D eigenvalue weighted by Gasteiger charge is 2.28. The van der Waals surface area contributed by atoms with E-state index in [0.717, 1.165) is 28.0 Å². The molecule has 0 radical (unpaired) electrons. The molecule has 0 saturated heterocycles. The highest BCUT2D eigenvalue weighted by molar-refractivity contribution is 5.77. The Bertz CT molecular complexity index is 728. The molecule has 1 aliphatic heterocycles. The smallest absolute Gasteiger partial charge is 0.133 e. The van der Waals surface area contributed by atoms with Crippen molar-refractivity contribution in [3.63, 3.8) is 0 Å². The van der Waals surface area contributed by atoms with Gasteiger partial charge in [0.05, 0.1) is 7.11 Å². The Balaban J connectivity index is 2.15. The van der Waals surface area contributed by atoms with Gasteiger partial charge in [-0.15, -0.1) is 0 Å². The number of hydrogen-bond acceptors (Lipinski definition) is 3. The summed E-state index contributed by atoms with van der Waals surface area (Å²) in [7, 11) is 1.66. The third-order valence-electron chi connectivity index (χ3n) is 4.21. The Morgan fingerprint density at radius 1 is 1.23 bits per heavy atom. The summed E-state index contributed by atoms with van der Waals surface area (Å²) >= 11 is 0. The van der Waals surface area contributed by atoms with Crippen LogP contribution in [0.2, 0.25) is 0 Å². The van der Waals surface area contributed by atoms with Crippen LogP contribution < -0.4 is 15.2 Å². The highest BCUT2D eigenvalue weighted by atomic mass is 19.1. The fourth-order valence-corrected chi connectivity index (χ4v) is 3.01. The molecular weight excluding hydrogens is 281 g/mol. The van der Waals surface area contributed by atoms with Gasteiger partial charge in [-0.05, 0) is 54.8 Å². The van der Waals surface area contributed by atoms with E-state index >= 15 is 0 Å². The van der Waals surface area contributed by atoms with Gasteiger partial charge in [-0.2, -0.15) is 0 Å². The number of nitrogens with two attached hydrogens (primary N) is 1. The molecule has 116 valence electrons. The average Bonchev–Trinajstić information content (AvgIpc) is 2.95. The monoisotopic (exact) mass is 301 g/mol. The second-order valence-electron chi connectivity index (χ2n) is 5.72. The van der Waals surface area contributed by atoms with E-state index in [1.807, 2.05) is 19.9 Å². The second-order valence-corrected chi connectivity index (χ2v) is 5.72. The predicted molar refractivity (Wildman–Crippen MR) is 85.0 cm³/mol. The molecular formula is C18H20FNO2. The van der Waals surface area contributed by atoms with Gasteiger partial charge < -0.3 is 15.2 Å². The van der Waals surface area contributed by atoms with Crippen LogP contribution in [0.4, 0.5) is 4.39 Å². The third kappa shape index (κ3) is 2.33. The van der Waals surface area contributed by atoms with Crippen molar-refractivity contribution < 1.29 is 13.9 Å². The van der Waals surface area contributed by atoms with Gasteiger partial charge >= 0.3 is 0 Å². The molecule has 3 rings (SSSR count). The molecule has 1 atom stereocenters. The van der Waals surface area contributed by atoms with Gasteiger partial charge in [-0.1, -0.05) is 0 Å². The number of halogens is 1. The van der Waals surface area contributed by atoms with E-state index in [1.54, 1.807) is 13.2 Å². The lowest BCUT2D eigenvalue weighted by Crippen LogP contribution is -2.24. The standard InChI is InChI=1S/C18H20FNO2/c1-10-7-17(21-3)11(2)6-14(10)13-4-5-16(19)15-8-12(9-20)22-18(13)15/h4-7,12H,8-9,20H2,1-3H3/t12-/m1/s1. The van der Waals surface area contributed by atoms with Crippen molar-refractivity contribution in [2.24, 2.45) is 5.73 Å². The summed E-state index contributed by atoms with van der Waals surface area (Å²) in [6, 6.07) is 7.34. The molecule has 22 heavy (non-hydrogen) atoms. The summed E-state index contributed by atoms with van der Waals surface area (Å²) in [4.78, 5) is 0. The van der Waals surface area contributed by atoms with E-state index in [9.17, 15) is 4.39 Å². The van der Waals surface area contributed by atoms with E-state index in [4.69, 9.17) is 15.2 Å². The summed E-state index contributed by atoms with van der Waals surface area (Å²) < 4.78 is 25.3. The molecule has 0 saturated carbocycles. The number of rotatable bonds is 3. The molecule has 1 heterocycles. The van der Waals surface area contributed by atoms with E-state index in [-0.39, 0.29) is 11.9 Å². The van der Waals surface area contributed by atoms with Crippen LogP contribution in [0.5, 0.6) is 11.5 Å². The molecule has 0 unspecified atom stereocenters. The fourth-order valence-electron chi connectivity index (χ4n) is 3.01. The Labute approximate surface area is 129 Å². The lowest BCUT2D eigenvalue weighted by atomic mass is 9.95. The Kier molecular flexibility index (Phi) is 3.79. The highest BCUT2D eigenvalue weighted by Crippen LogP contribution is 2.42. The maximum atomic E-state index is 14.1. The maximum absolute atomic E-state index is 14.1. The molecule has 0 spiro atoms. The molecule has 0 amide bonds. The van der Waals surface area contributed by atoms with Gasteiger partial charge in [-0.25, -0.2) is 4.39 Å². The van der Waals surface area contributed by atoms with Crippen LogP contribution in [-0.2, 0) is 6.42 Å². The zero-order valence-corrected chi connectivity index (χ0v) is 13.1. The van der Waals surface area contributed by atoms with Gasteiger partial charge in [0.15, 0.2) is 0 Å². The minimum Gasteiger partial charge on any atom is -0.496 e. The Morgan fingerprint density at radius 3 is 2.68 bits per heavy atom. The maximum Gasteiger partial charge on any atom is 0.133 e. The van der Waals surface area contributed by atoms with Crippen LogP contribution >= 0.6 is 0 Å². The van der Waals surface area contributed by atoms with Crippen molar-refractivity contribution >= 4 is 0 Å². The van der Waals surface area contributed by atoms with Crippen LogP contribution in [0, 0.1) is 19.7 Å². The molecule has 0 aliphatic carbocycles. The summed E-state index contributed by atoms with van der Waals surface area (Å²) in [6.07, 6.45) is 0.380.